The van der Waals surface area contributed by atoms with Gasteiger partial charge in [-0.1, -0.05) is 0 Å². The van der Waals surface area contributed by atoms with Gasteiger partial charge in [-0.15, -0.1) is 0 Å². The van der Waals surface area contributed by atoms with Gasteiger partial charge in [0.2, 0.25) is 0 Å². The van der Waals surface area contributed by atoms with Gasteiger partial charge in [-0.05, 0) is 11.2 Å². The second-order valence-corrected chi connectivity index (χ2v) is 3.41. The van der Waals surface area contributed by atoms with E-state index in [1.165, 1.54) is 0 Å². The predicted molar refractivity (Wildman–Crippen MR) is 30.4 cm³/mol. The fourth-order valence-electron chi connectivity index (χ4n) is 0.617. The first-order valence-electron chi connectivity index (χ1n) is 2.54. The van der Waals surface area contributed by atoms with Crippen LogP contribution in [0, 0.1) is 0 Å². The lowest BCUT2D eigenvalue weighted by Crippen LogP contribution is -2.42. The number of rotatable bonds is 0. The first-order chi connectivity index (χ1) is 3.80. The lowest BCUT2D eigenvalue weighted by atomic mass is 10.6. The molecule has 0 bridgehead atoms. The van der Waals surface area contributed by atoms with Gasteiger partial charge in [-0.25, -0.2) is 0 Å². The van der Waals surface area contributed by atoms with E-state index in [9.17, 15) is 9.66 Å². The Morgan fingerprint density at radius 3 is 2.88 bits per heavy atom. The van der Waals surface area contributed by atoms with Crippen LogP contribution in [0.15, 0.2) is 0 Å². The van der Waals surface area contributed by atoms with Crippen molar-refractivity contribution in [2.24, 2.45) is 0 Å². The largest absolute Gasteiger partial charge is 0.614 e. The number of nitrogens with one attached hydrogen (secondary N) is 1. The third-order valence-electron chi connectivity index (χ3n) is 1.08. The average Bonchev–Trinajstić information content (AvgIpc) is 1.77. The normalized spacial score (nSPS) is 39.8. The van der Waals surface area contributed by atoms with Crippen molar-refractivity contribution in [3.8, 4) is 0 Å². The Labute approximate surface area is 51.3 Å². The molecule has 3 nitrogen and oxygen atoms in total. The van der Waals surface area contributed by atoms with Crippen LogP contribution in [0.1, 0.15) is 0 Å². The highest BCUT2D eigenvalue weighted by atomic mass is 32.2. The molecule has 1 rings (SSSR count). The Bertz CT molecular complexity index is 70.4. The SMILES string of the molecule is [O]C1CNCC[S+]1[O-]. The van der Waals surface area contributed by atoms with Crippen LogP contribution >= 0.6 is 0 Å². The van der Waals surface area contributed by atoms with Crippen LogP contribution in [-0.4, -0.2) is 28.8 Å². The van der Waals surface area contributed by atoms with Gasteiger partial charge in [0.15, 0.2) is 0 Å². The molecule has 47 valence electrons. The van der Waals surface area contributed by atoms with E-state index >= 15 is 0 Å². The van der Waals surface area contributed by atoms with E-state index in [2.05, 4.69) is 5.32 Å². The molecule has 0 aromatic rings. The minimum absolute atomic E-state index is 0.368. The van der Waals surface area contributed by atoms with Gasteiger partial charge in [0.1, 0.15) is 5.75 Å². The van der Waals surface area contributed by atoms with Gasteiger partial charge < -0.3 is 9.87 Å². The first-order valence-corrected chi connectivity index (χ1v) is 3.92. The third kappa shape index (κ3) is 1.35. The molecule has 8 heavy (non-hydrogen) atoms. The Morgan fingerprint density at radius 1 is 1.75 bits per heavy atom. The van der Waals surface area contributed by atoms with Crippen molar-refractivity contribution in [1.29, 1.82) is 0 Å². The minimum atomic E-state index is -1.10. The summed E-state index contributed by atoms with van der Waals surface area (Å²) in [6.07, 6.45) is 0. The van der Waals surface area contributed by atoms with Crippen LogP contribution in [0.3, 0.4) is 0 Å². The zero-order chi connectivity index (χ0) is 5.98. The Morgan fingerprint density at radius 2 is 2.50 bits per heavy atom. The summed E-state index contributed by atoms with van der Waals surface area (Å²) in [7, 11) is 0. The summed E-state index contributed by atoms with van der Waals surface area (Å²) in [6, 6.07) is 0. The van der Waals surface area contributed by atoms with Gasteiger partial charge in [0.25, 0.3) is 5.44 Å². The summed E-state index contributed by atoms with van der Waals surface area (Å²) in [6.45, 7) is 1.10. The van der Waals surface area contributed by atoms with Crippen LogP contribution in [-0.2, 0) is 16.3 Å². The van der Waals surface area contributed by atoms with E-state index in [0.717, 1.165) is 6.54 Å². The van der Waals surface area contributed by atoms with Crippen LogP contribution in [0.25, 0.3) is 0 Å². The highest BCUT2D eigenvalue weighted by molar-refractivity contribution is 7.91. The third-order valence-corrected chi connectivity index (χ3v) is 2.44. The summed E-state index contributed by atoms with van der Waals surface area (Å²) >= 11 is -1.10. The molecule has 0 amide bonds. The molecular formula is C4H8NO2S. The maximum atomic E-state index is 10.6. The highest BCUT2D eigenvalue weighted by Crippen LogP contribution is 2.01. The van der Waals surface area contributed by atoms with Crippen molar-refractivity contribution in [2.75, 3.05) is 18.8 Å². The van der Waals surface area contributed by atoms with Crippen molar-refractivity contribution >= 4 is 11.2 Å². The monoisotopic (exact) mass is 134 g/mol. The summed E-state index contributed by atoms with van der Waals surface area (Å²) < 4.78 is 10.6. The maximum Gasteiger partial charge on any atom is 0.258 e. The summed E-state index contributed by atoms with van der Waals surface area (Å²) in [5.74, 6) is 0.522. The molecule has 0 spiro atoms. The van der Waals surface area contributed by atoms with Crippen LogP contribution in [0.5, 0.6) is 0 Å². The fraction of sp³-hybridized carbons (Fsp3) is 1.00. The molecule has 1 saturated heterocycles. The van der Waals surface area contributed by atoms with Gasteiger partial charge in [-0.2, -0.15) is 5.11 Å². The van der Waals surface area contributed by atoms with Gasteiger partial charge in [0, 0.05) is 6.54 Å². The molecule has 1 N–H and O–H groups in total. The van der Waals surface area contributed by atoms with E-state index in [1.54, 1.807) is 0 Å². The van der Waals surface area contributed by atoms with Crippen molar-refractivity contribution in [3.63, 3.8) is 0 Å². The van der Waals surface area contributed by atoms with E-state index in [1.807, 2.05) is 0 Å². The number of hydrogen-bond acceptors (Lipinski definition) is 2. The topological polar surface area (TPSA) is 55.0 Å². The standard InChI is InChI=1S/C4H8NO2S/c6-4-3-5-1-2-8(4)7/h4-5H,1-3H2. The summed E-state index contributed by atoms with van der Waals surface area (Å²) in [5.41, 5.74) is -0.885. The minimum Gasteiger partial charge on any atom is -0.614 e. The molecule has 2 atom stereocenters. The van der Waals surface area contributed by atoms with Gasteiger partial charge in [-0.3, -0.25) is 0 Å². The maximum absolute atomic E-state index is 10.6. The predicted octanol–water partition coefficient (Wildman–Crippen LogP) is -0.905. The molecule has 0 aromatic heterocycles. The van der Waals surface area contributed by atoms with Gasteiger partial charge in [0.05, 0.1) is 6.54 Å². The van der Waals surface area contributed by atoms with Crippen LogP contribution < -0.4 is 5.32 Å². The molecule has 1 fully saturated rings. The second-order valence-electron chi connectivity index (χ2n) is 1.72. The van der Waals surface area contributed by atoms with Crippen LogP contribution in [0.4, 0.5) is 0 Å². The zero-order valence-electron chi connectivity index (χ0n) is 4.42. The summed E-state index contributed by atoms with van der Waals surface area (Å²) in [4.78, 5) is 0. The molecule has 0 aliphatic carbocycles. The molecule has 0 aromatic carbocycles. The lowest BCUT2D eigenvalue weighted by molar-refractivity contribution is 0.149. The fourth-order valence-corrected chi connectivity index (χ4v) is 1.53. The Hall–Kier alpha value is 0.230. The molecule has 1 radical (unpaired) electrons. The Kier molecular flexibility index (Phi) is 2.13. The van der Waals surface area contributed by atoms with E-state index in [-0.39, 0.29) is 0 Å². The second kappa shape index (κ2) is 2.68. The molecule has 1 aliphatic rings. The molecular weight excluding hydrogens is 126 g/mol. The highest BCUT2D eigenvalue weighted by Gasteiger charge is 2.23. The Balaban J connectivity index is 2.28. The van der Waals surface area contributed by atoms with E-state index < -0.39 is 16.6 Å². The zero-order valence-corrected chi connectivity index (χ0v) is 5.24. The molecule has 0 saturated carbocycles. The lowest BCUT2D eigenvalue weighted by Gasteiger charge is -2.20. The van der Waals surface area contributed by atoms with E-state index in [4.69, 9.17) is 0 Å². The van der Waals surface area contributed by atoms with Crippen molar-refractivity contribution in [2.45, 2.75) is 5.44 Å². The van der Waals surface area contributed by atoms with E-state index in [0.29, 0.717) is 12.3 Å². The molecule has 1 heterocycles. The smallest absolute Gasteiger partial charge is 0.258 e. The van der Waals surface area contributed by atoms with Crippen molar-refractivity contribution in [3.05, 3.63) is 0 Å². The molecule has 1 aliphatic heterocycles. The first kappa shape index (κ1) is 6.35. The average molecular weight is 134 g/mol. The molecule has 2 unspecified atom stereocenters. The van der Waals surface area contributed by atoms with Crippen molar-refractivity contribution < 1.29 is 9.66 Å². The number of hydrogen-bond donors (Lipinski definition) is 1. The quantitative estimate of drug-likeness (QED) is 0.436. The molecule has 4 heteroatoms. The van der Waals surface area contributed by atoms with Crippen LogP contribution in [0.2, 0.25) is 0 Å². The van der Waals surface area contributed by atoms with Crippen molar-refractivity contribution in [1.82, 2.24) is 5.32 Å². The summed E-state index contributed by atoms with van der Waals surface area (Å²) in [5, 5.41) is 13.4. The van der Waals surface area contributed by atoms with Gasteiger partial charge >= 0.3 is 0 Å².